The number of rotatable bonds is 15. The van der Waals surface area contributed by atoms with Gasteiger partial charge in [0, 0.05) is 38.9 Å². The van der Waals surface area contributed by atoms with E-state index in [1.807, 2.05) is 0 Å². The Kier molecular flexibility index (Phi) is 15.2. The van der Waals surface area contributed by atoms with Gasteiger partial charge in [0.05, 0.1) is 6.61 Å². The predicted octanol–water partition coefficient (Wildman–Crippen LogP) is 2.59. The zero-order chi connectivity index (χ0) is 15.8. The molecule has 0 heterocycles. The molecule has 0 radical (unpaired) electrons. The van der Waals surface area contributed by atoms with Crippen LogP contribution in [0.5, 0.6) is 0 Å². The molecule has 6 heteroatoms. The van der Waals surface area contributed by atoms with Crippen LogP contribution in [0.2, 0.25) is 6.04 Å². The molecular weight excluding hydrogens is 288 g/mol. The summed E-state index contributed by atoms with van der Waals surface area (Å²) in [7, 11) is -1.51. The van der Waals surface area contributed by atoms with Crippen LogP contribution in [-0.2, 0) is 23.1 Å². The van der Waals surface area contributed by atoms with Crippen molar-refractivity contribution in [3.05, 3.63) is 12.7 Å². The van der Waals surface area contributed by atoms with Crippen molar-refractivity contribution in [1.29, 1.82) is 0 Å². The average Bonchev–Trinajstić information content (AvgIpc) is 2.51. The third-order valence-corrected chi connectivity index (χ3v) is 4.68. The Bertz CT molecular complexity index is 252. The molecule has 21 heavy (non-hydrogen) atoms. The molecule has 0 aromatic carbocycles. The normalized spacial score (nSPS) is 10.8. The number of carbonyl (C=O) groups is 1. The summed E-state index contributed by atoms with van der Waals surface area (Å²) >= 11 is 0. The van der Waals surface area contributed by atoms with E-state index in [-0.39, 0.29) is 5.97 Å². The van der Waals surface area contributed by atoms with Crippen molar-refractivity contribution in [3.8, 4) is 0 Å². The molecule has 0 aliphatic rings. The van der Waals surface area contributed by atoms with Gasteiger partial charge < -0.3 is 18.3 Å². The van der Waals surface area contributed by atoms with Crippen molar-refractivity contribution in [1.82, 2.24) is 0 Å². The second-order valence-corrected chi connectivity index (χ2v) is 6.75. The first-order chi connectivity index (χ1) is 10.2. The van der Waals surface area contributed by atoms with Gasteiger partial charge in [0.15, 0.2) is 0 Å². The van der Waals surface area contributed by atoms with Gasteiger partial charge in [-0.3, -0.25) is 0 Å². The Morgan fingerprint density at radius 2 is 1.62 bits per heavy atom. The van der Waals surface area contributed by atoms with Gasteiger partial charge in [-0.2, -0.15) is 0 Å². The van der Waals surface area contributed by atoms with Crippen molar-refractivity contribution in [2.24, 2.45) is 0 Å². The number of esters is 1. The molecule has 0 N–H and O–H groups in total. The van der Waals surface area contributed by atoms with E-state index in [0.717, 1.165) is 44.6 Å². The fraction of sp³-hybridized carbons (Fsp3) is 0.800. The van der Waals surface area contributed by atoms with Crippen LogP contribution < -0.4 is 0 Å². The molecule has 0 saturated carbocycles. The topological polar surface area (TPSA) is 54.0 Å². The first kappa shape index (κ1) is 20.3. The molecule has 0 unspecified atom stereocenters. The van der Waals surface area contributed by atoms with Crippen LogP contribution in [0.25, 0.3) is 0 Å². The van der Waals surface area contributed by atoms with Gasteiger partial charge >= 0.3 is 15.3 Å². The summed E-state index contributed by atoms with van der Waals surface area (Å²) in [6.07, 6.45) is 4.88. The van der Waals surface area contributed by atoms with E-state index in [1.54, 1.807) is 0 Å². The molecule has 5 nitrogen and oxygen atoms in total. The number of hydrogen-bond donors (Lipinski definition) is 0. The molecule has 124 valence electrons. The van der Waals surface area contributed by atoms with E-state index in [1.165, 1.54) is 0 Å². The van der Waals surface area contributed by atoms with E-state index in [4.69, 9.17) is 18.3 Å². The summed E-state index contributed by atoms with van der Waals surface area (Å²) in [4.78, 5) is 10.8. The number of carbonyl (C=O) groups excluding carboxylic acids is 1. The maximum atomic E-state index is 10.8. The van der Waals surface area contributed by atoms with E-state index < -0.39 is 9.28 Å². The average molecular weight is 318 g/mol. The van der Waals surface area contributed by atoms with Crippen molar-refractivity contribution >= 4 is 15.3 Å². The van der Waals surface area contributed by atoms with Crippen LogP contribution in [0, 0.1) is 0 Å². The Morgan fingerprint density at radius 3 is 2.19 bits per heavy atom. The summed E-state index contributed by atoms with van der Waals surface area (Å²) in [5.74, 6) is -0.384. The molecule has 0 aromatic heterocycles. The van der Waals surface area contributed by atoms with Gasteiger partial charge in [-0.25, -0.2) is 4.79 Å². The molecule has 0 fully saturated rings. The first-order valence-corrected chi connectivity index (χ1v) is 9.60. The molecule has 0 aliphatic carbocycles. The Morgan fingerprint density at radius 1 is 1.00 bits per heavy atom. The maximum Gasteiger partial charge on any atom is 0.330 e. The quantitative estimate of drug-likeness (QED) is 0.201. The van der Waals surface area contributed by atoms with Crippen molar-refractivity contribution in [2.75, 3.05) is 33.0 Å². The molecule has 0 bridgehead atoms. The Hall–Kier alpha value is -0.693. The zero-order valence-corrected chi connectivity index (χ0v) is 14.6. The third-order valence-electron chi connectivity index (χ3n) is 2.59. The molecule has 0 rings (SSSR count). The minimum absolute atomic E-state index is 0.376. The summed E-state index contributed by atoms with van der Waals surface area (Å²) in [6.45, 7) is 10.8. The lowest BCUT2D eigenvalue weighted by Gasteiger charge is -2.16. The van der Waals surface area contributed by atoms with Crippen LogP contribution in [0.4, 0.5) is 0 Å². The van der Waals surface area contributed by atoms with Crippen molar-refractivity contribution < 1.29 is 23.1 Å². The SMILES string of the molecule is C=CC(=O)OCCCOCCC[SiH](OCCC)OCCC. The van der Waals surface area contributed by atoms with Crippen LogP contribution in [0.3, 0.4) is 0 Å². The van der Waals surface area contributed by atoms with E-state index in [2.05, 4.69) is 20.4 Å². The molecule has 0 amide bonds. The fourth-order valence-corrected chi connectivity index (χ4v) is 3.49. The van der Waals surface area contributed by atoms with Crippen molar-refractivity contribution in [2.45, 2.75) is 45.6 Å². The Labute approximate surface area is 130 Å². The lowest BCUT2D eigenvalue weighted by Crippen LogP contribution is -2.24. The summed E-state index contributed by atoms with van der Waals surface area (Å²) in [6, 6.07) is 0.978. The summed E-state index contributed by atoms with van der Waals surface area (Å²) in [5.41, 5.74) is 0. The van der Waals surface area contributed by atoms with Crippen LogP contribution in [-0.4, -0.2) is 48.3 Å². The van der Waals surface area contributed by atoms with Gasteiger partial charge in [0.1, 0.15) is 0 Å². The molecule has 0 atom stereocenters. The maximum absolute atomic E-state index is 10.8. The zero-order valence-electron chi connectivity index (χ0n) is 13.5. The molecule has 0 saturated heterocycles. The Balaban J connectivity index is 3.47. The monoisotopic (exact) mass is 318 g/mol. The van der Waals surface area contributed by atoms with Crippen molar-refractivity contribution in [3.63, 3.8) is 0 Å². The van der Waals surface area contributed by atoms with Gasteiger partial charge in [-0.15, -0.1) is 0 Å². The lowest BCUT2D eigenvalue weighted by atomic mass is 10.5. The van der Waals surface area contributed by atoms with Crippen LogP contribution in [0.1, 0.15) is 39.5 Å². The van der Waals surface area contributed by atoms with Gasteiger partial charge in [-0.05, 0) is 25.3 Å². The largest absolute Gasteiger partial charge is 0.462 e. The highest BCUT2D eigenvalue weighted by Gasteiger charge is 2.12. The van der Waals surface area contributed by atoms with E-state index in [9.17, 15) is 4.79 Å². The summed E-state index contributed by atoms with van der Waals surface area (Å²) < 4.78 is 21.9. The number of hydrogen-bond acceptors (Lipinski definition) is 5. The standard InChI is InChI=1S/C15H30O5Si/c1-4-9-19-21(20-10-5-2)14-8-12-17-11-7-13-18-15(16)6-3/h6,21H,3-5,7-14H2,1-2H3. The highest BCUT2D eigenvalue weighted by Crippen LogP contribution is 2.04. The third kappa shape index (κ3) is 14.0. The van der Waals surface area contributed by atoms with E-state index >= 15 is 0 Å². The molecule has 0 spiro atoms. The highest BCUT2D eigenvalue weighted by atomic mass is 28.3. The van der Waals surface area contributed by atoms with Crippen LogP contribution in [0.15, 0.2) is 12.7 Å². The van der Waals surface area contributed by atoms with Gasteiger partial charge in [-0.1, -0.05) is 20.4 Å². The van der Waals surface area contributed by atoms with E-state index in [0.29, 0.717) is 26.2 Å². The molecular formula is C15H30O5Si. The van der Waals surface area contributed by atoms with Gasteiger partial charge in [0.25, 0.3) is 0 Å². The lowest BCUT2D eigenvalue weighted by molar-refractivity contribution is -0.138. The van der Waals surface area contributed by atoms with Gasteiger partial charge in [0.2, 0.25) is 0 Å². The molecule has 0 aromatic rings. The predicted molar refractivity (Wildman–Crippen MR) is 85.7 cm³/mol. The highest BCUT2D eigenvalue weighted by molar-refractivity contribution is 6.44. The first-order valence-electron chi connectivity index (χ1n) is 7.84. The second kappa shape index (κ2) is 15.7. The molecule has 0 aliphatic heterocycles. The minimum Gasteiger partial charge on any atom is -0.462 e. The van der Waals surface area contributed by atoms with Crippen LogP contribution >= 0.6 is 0 Å². The minimum atomic E-state index is -1.51. The number of ether oxygens (including phenoxy) is 2. The smallest absolute Gasteiger partial charge is 0.330 e. The fourth-order valence-electron chi connectivity index (χ4n) is 1.56. The summed E-state index contributed by atoms with van der Waals surface area (Å²) in [5, 5.41) is 0. The second-order valence-electron chi connectivity index (χ2n) is 4.65.